The van der Waals surface area contributed by atoms with Crippen LogP contribution in [-0.4, -0.2) is 76.4 Å². The van der Waals surface area contributed by atoms with Gasteiger partial charge in [-0.15, -0.1) is 0 Å². The molecule has 1 saturated heterocycles. The molecule has 10 nitrogen and oxygen atoms in total. The number of nitrogens with one attached hydrogen (secondary N) is 1. The monoisotopic (exact) mass is 553 g/mol. The lowest BCUT2D eigenvalue weighted by Gasteiger charge is -2.29. The molecular weight excluding hydrogens is 518 g/mol. The van der Waals surface area contributed by atoms with Crippen molar-refractivity contribution >= 4 is 29.7 Å². The van der Waals surface area contributed by atoms with Crippen molar-refractivity contribution < 1.29 is 14.4 Å². The van der Waals surface area contributed by atoms with E-state index in [-0.39, 0.29) is 18.3 Å². The van der Waals surface area contributed by atoms with Gasteiger partial charge in [0.1, 0.15) is 18.3 Å². The molecule has 2 aliphatic heterocycles. The van der Waals surface area contributed by atoms with Gasteiger partial charge in [0.2, 0.25) is 11.7 Å². The normalized spacial score (nSPS) is 17.9. The molecule has 0 unspecified atom stereocenters. The van der Waals surface area contributed by atoms with Crippen LogP contribution in [0.5, 0.6) is 5.75 Å². The Morgan fingerprint density at radius 2 is 1.95 bits per heavy atom. The van der Waals surface area contributed by atoms with E-state index in [1.807, 2.05) is 6.92 Å². The standard InChI is InChI=1S/C31H35N7O3/c1-4-38-30(34-20-33-25-10-7-22(8-11-25)13-16-37-14-5-6-15-37)24(19-32-3)17-27(31(38)40)26-12-9-23(18-28(26)39)29-35-21(2)41-36-29/h7-12,17-19,33,39H,3-6,13-16,20H2,1-2H3/b24-19-,34-30+. The lowest BCUT2D eigenvalue weighted by atomic mass is 9.95. The number of likely N-dealkylation sites (N-methyl/N-ethyl adjacent to an activating group) is 1. The molecule has 2 aliphatic rings. The van der Waals surface area contributed by atoms with Crippen molar-refractivity contribution in [3.8, 4) is 17.1 Å². The Labute approximate surface area is 239 Å². The highest BCUT2D eigenvalue weighted by Gasteiger charge is 2.31. The average molecular weight is 554 g/mol. The predicted octanol–water partition coefficient (Wildman–Crippen LogP) is 4.69. The maximum Gasteiger partial charge on any atom is 0.260 e. The molecule has 1 amide bonds. The maximum atomic E-state index is 13.6. The second-order valence-corrected chi connectivity index (χ2v) is 10.1. The number of amidine groups is 1. The Bertz CT molecular complexity index is 1500. The highest BCUT2D eigenvalue weighted by Crippen LogP contribution is 2.34. The Morgan fingerprint density at radius 1 is 1.17 bits per heavy atom. The van der Waals surface area contributed by atoms with Crippen LogP contribution in [0.1, 0.15) is 36.8 Å². The van der Waals surface area contributed by atoms with Crippen molar-refractivity contribution in [3.63, 3.8) is 0 Å². The van der Waals surface area contributed by atoms with Gasteiger partial charge in [-0.3, -0.25) is 14.7 Å². The van der Waals surface area contributed by atoms with Crippen LogP contribution in [-0.2, 0) is 11.2 Å². The van der Waals surface area contributed by atoms with Crippen molar-refractivity contribution in [2.24, 2.45) is 9.98 Å². The summed E-state index contributed by atoms with van der Waals surface area (Å²) in [7, 11) is 0. The molecule has 3 heterocycles. The van der Waals surface area contributed by atoms with Crippen LogP contribution >= 0.6 is 0 Å². The first-order valence-corrected chi connectivity index (χ1v) is 13.9. The average Bonchev–Trinajstić information content (AvgIpc) is 3.66. The van der Waals surface area contributed by atoms with Crippen molar-refractivity contribution in [2.75, 3.05) is 38.2 Å². The summed E-state index contributed by atoms with van der Waals surface area (Å²) < 4.78 is 5.04. The third-order valence-electron chi connectivity index (χ3n) is 7.29. The number of nitrogens with zero attached hydrogens (tertiary/aromatic N) is 6. The number of phenolic OH excluding ortho intramolecular Hbond substituents is 1. The molecule has 41 heavy (non-hydrogen) atoms. The minimum absolute atomic E-state index is 0.0718. The number of phenols is 1. The van der Waals surface area contributed by atoms with E-state index in [0.29, 0.717) is 46.4 Å². The van der Waals surface area contributed by atoms with E-state index in [1.54, 1.807) is 36.2 Å². The van der Waals surface area contributed by atoms with Crippen LogP contribution in [0.25, 0.3) is 17.0 Å². The quantitative estimate of drug-likeness (QED) is 0.350. The van der Waals surface area contributed by atoms with E-state index in [0.717, 1.165) is 18.7 Å². The fourth-order valence-corrected chi connectivity index (χ4v) is 5.14. The smallest absolute Gasteiger partial charge is 0.260 e. The minimum atomic E-state index is -0.270. The largest absolute Gasteiger partial charge is 0.507 e. The predicted molar refractivity (Wildman–Crippen MR) is 161 cm³/mol. The number of aromatic nitrogens is 2. The summed E-state index contributed by atoms with van der Waals surface area (Å²) in [6.45, 7) is 11.3. The fourth-order valence-electron chi connectivity index (χ4n) is 5.14. The molecule has 0 aliphatic carbocycles. The van der Waals surface area contributed by atoms with Crippen LogP contribution in [0.2, 0.25) is 0 Å². The SMILES string of the molecule is C=N/C=C1/C=C(c2ccc(-c3noc(C)n3)cc2O)C(=O)N(CC)/C1=N/CNc1ccc(CCN2CCCC2)cc1. The number of carbonyl (C=O) groups excluding carboxylic acids is 1. The van der Waals surface area contributed by atoms with Gasteiger partial charge >= 0.3 is 0 Å². The molecule has 2 N–H and O–H groups in total. The van der Waals surface area contributed by atoms with Gasteiger partial charge in [-0.05, 0) is 81.9 Å². The molecule has 0 radical (unpaired) electrons. The lowest BCUT2D eigenvalue weighted by Crippen LogP contribution is -2.41. The van der Waals surface area contributed by atoms with Gasteiger partial charge in [-0.1, -0.05) is 23.4 Å². The van der Waals surface area contributed by atoms with Gasteiger partial charge in [0.25, 0.3) is 5.91 Å². The van der Waals surface area contributed by atoms with Crippen LogP contribution in [0.4, 0.5) is 5.69 Å². The Hall–Kier alpha value is -4.57. The van der Waals surface area contributed by atoms with E-state index in [1.165, 1.54) is 37.6 Å². The first-order chi connectivity index (χ1) is 20.0. The first-order valence-electron chi connectivity index (χ1n) is 13.9. The molecule has 1 aromatic heterocycles. The van der Waals surface area contributed by atoms with Crippen LogP contribution in [0.3, 0.4) is 0 Å². The molecule has 1 fully saturated rings. The van der Waals surface area contributed by atoms with Crippen molar-refractivity contribution in [3.05, 3.63) is 77.3 Å². The third-order valence-corrected chi connectivity index (χ3v) is 7.29. The van der Waals surface area contributed by atoms with Crippen LogP contribution in [0, 0.1) is 6.92 Å². The Kier molecular flexibility index (Phi) is 8.69. The first kappa shape index (κ1) is 28.0. The molecule has 0 saturated carbocycles. The van der Waals surface area contributed by atoms with Gasteiger partial charge in [-0.25, -0.2) is 4.99 Å². The molecule has 212 valence electrons. The number of aryl methyl sites for hydroxylation is 1. The zero-order chi connectivity index (χ0) is 28.8. The second-order valence-electron chi connectivity index (χ2n) is 10.1. The molecule has 0 spiro atoms. The zero-order valence-electron chi connectivity index (χ0n) is 23.5. The molecule has 0 bridgehead atoms. The van der Waals surface area contributed by atoms with Gasteiger partial charge in [0.15, 0.2) is 0 Å². The van der Waals surface area contributed by atoms with Crippen LogP contribution in [0.15, 0.2) is 74.8 Å². The van der Waals surface area contributed by atoms with Gasteiger partial charge < -0.3 is 19.8 Å². The number of rotatable bonds is 10. The summed E-state index contributed by atoms with van der Waals surface area (Å²) >= 11 is 0. The third kappa shape index (κ3) is 6.44. The van der Waals surface area contributed by atoms with E-state index < -0.39 is 0 Å². The topological polar surface area (TPSA) is 119 Å². The molecular formula is C31H35N7O3. The highest BCUT2D eigenvalue weighted by molar-refractivity contribution is 6.31. The number of aliphatic imine (C=N–C) groups is 2. The number of likely N-dealkylation sites (tertiary alicyclic amines) is 1. The Balaban J connectivity index is 1.31. The summed E-state index contributed by atoms with van der Waals surface area (Å²) in [5.41, 5.74) is 4.17. The highest BCUT2D eigenvalue weighted by atomic mass is 16.5. The summed E-state index contributed by atoms with van der Waals surface area (Å²) in [5, 5.41) is 18.1. The molecule has 10 heteroatoms. The molecule has 3 aromatic rings. The van der Waals surface area contributed by atoms with Crippen molar-refractivity contribution in [1.29, 1.82) is 0 Å². The van der Waals surface area contributed by atoms with E-state index in [9.17, 15) is 9.90 Å². The van der Waals surface area contributed by atoms with Crippen molar-refractivity contribution in [2.45, 2.75) is 33.1 Å². The Morgan fingerprint density at radius 3 is 2.61 bits per heavy atom. The molecule has 0 atom stereocenters. The maximum absolute atomic E-state index is 13.6. The summed E-state index contributed by atoms with van der Waals surface area (Å²) in [6, 6.07) is 13.3. The number of benzene rings is 2. The summed E-state index contributed by atoms with van der Waals surface area (Å²) in [4.78, 5) is 30.5. The number of anilines is 1. The fraction of sp³-hybridized carbons (Fsp3) is 0.323. The van der Waals surface area contributed by atoms with E-state index in [4.69, 9.17) is 9.52 Å². The van der Waals surface area contributed by atoms with Gasteiger partial charge in [0, 0.05) is 48.6 Å². The van der Waals surface area contributed by atoms with E-state index in [2.05, 4.69) is 56.3 Å². The minimum Gasteiger partial charge on any atom is -0.507 e. The van der Waals surface area contributed by atoms with Gasteiger partial charge in [0.05, 0.1) is 5.57 Å². The number of aromatic hydroxyl groups is 1. The van der Waals surface area contributed by atoms with E-state index >= 15 is 0 Å². The zero-order valence-corrected chi connectivity index (χ0v) is 23.5. The lowest BCUT2D eigenvalue weighted by molar-refractivity contribution is -0.121. The second kappa shape index (κ2) is 12.7. The number of hydrogen-bond donors (Lipinski definition) is 2. The molecule has 2 aromatic carbocycles. The number of amides is 1. The summed E-state index contributed by atoms with van der Waals surface area (Å²) in [5.74, 6) is 0.927. The van der Waals surface area contributed by atoms with Crippen LogP contribution < -0.4 is 5.32 Å². The number of hydrogen-bond acceptors (Lipinski definition) is 9. The van der Waals surface area contributed by atoms with Gasteiger partial charge in [-0.2, -0.15) is 4.98 Å². The van der Waals surface area contributed by atoms with Crippen molar-refractivity contribution in [1.82, 2.24) is 19.9 Å². The summed E-state index contributed by atoms with van der Waals surface area (Å²) in [6.07, 6.45) is 6.91. The molecule has 5 rings (SSSR count). The number of carbonyl (C=O) groups is 1.